The topological polar surface area (TPSA) is 78.3 Å². The largest absolute Gasteiger partial charge is 0.378 e. The van der Waals surface area contributed by atoms with Crippen LogP contribution in [0, 0.1) is 5.41 Å². The van der Waals surface area contributed by atoms with Crippen molar-refractivity contribution in [3.63, 3.8) is 0 Å². The van der Waals surface area contributed by atoms with Crippen molar-refractivity contribution < 1.29 is 9.53 Å². The van der Waals surface area contributed by atoms with E-state index in [0.717, 1.165) is 12.8 Å². The first kappa shape index (κ1) is 14.5. The van der Waals surface area contributed by atoms with Gasteiger partial charge in [-0.15, -0.1) is 0 Å². The number of nitrogens with two attached hydrogens (primary N) is 2. The first-order valence-corrected chi connectivity index (χ1v) is 6.43. The van der Waals surface area contributed by atoms with E-state index in [1.165, 1.54) is 12.8 Å². The number of carbonyl (C=O) groups is 1. The summed E-state index contributed by atoms with van der Waals surface area (Å²) in [5.41, 5.74) is 10.5. The van der Waals surface area contributed by atoms with Gasteiger partial charge in [-0.2, -0.15) is 0 Å². The number of ether oxygens (including phenoxy) is 1. The number of carbonyl (C=O) groups excluding carboxylic acids is 1. The van der Waals surface area contributed by atoms with Gasteiger partial charge in [0.15, 0.2) is 0 Å². The van der Waals surface area contributed by atoms with E-state index in [4.69, 9.17) is 16.2 Å². The normalized spacial score (nSPS) is 24.2. The molecule has 4 N–H and O–H groups in total. The standard InChI is InChI=1S/C13H26N2O2/c1-12(2)6-4-10(5-7-12)17-9-8-13(3,15)11(14)16/h10H,4-9,15H2,1-3H3,(H2,14,16). The highest BCUT2D eigenvalue weighted by Crippen LogP contribution is 2.36. The highest BCUT2D eigenvalue weighted by molar-refractivity contribution is 5.83. The first-order valence-electron chi connectivity index (χ1n) is 6.43. The van der Waals surface area contributed by atoms with Gasteiger partial charge in [0.05, 0.1) is 11.6 Å². The zero-order valence-electron chi connectivity index (χ0n) is 11.3. The molecule has 1 unspecified atom stereocenters. The molecule has 1 saturated carbocycles. The van der Waals surface area contributed by atoms with Crippen LogP contribution in [-0.4, -0.2) is 24.2 Å². The molecule has 0 aromatic rings. The minimum atomic E-state index is -0.950. The van der Waals surface area contributed by atoms with Gasteiger partial charge in [0, 0.05) is 6.61 Å². The average molecular weight is 242 g/mol. The molecule has 1 fully saturated rings. The third kappa shape index (κ3) is 4.64. The van der Waals surface area contributed by atoms with Crippen LogP contribution in [-0.2, 0) is 9.53 Å². The van der Waals surface area contributed by atoms with Crippen LogP contribution in [0.5, 0.6) is 0 Å². The van der Waals surface area contributed by atoms with E-state index in [0.29, 0.717) is 24.5 Å². The van der Waals surface area contributed by atoms with E-state index < -0.39 is 11.4 Å². The van der Waals surface area contributed by atoms with Crippen molar-refractivity contribution in [1.82, 2.24) is 0 Å². The van der Waals surface area contributed by atoms with Gasteiger partial charge in [-0.3, -0.25) is 4.79 Å². The van der Waals surface area contributed by atoms with Gasteiger partial charge in [0.25, 0.3) is 0 Å². The van der Waals surface area contributed by atoms with Crippen molar-refractivity contribution in [3.05, 3.63) is 0 Å². The molecule has 17 heavy (non-hydrogen) atoms. The summed E-state index contributed by atoms with van der Waals surface area (Å²) in [6, 6.07) is 0. The monoisotopic (exact) mass is 242 g/mol. The lowest BCUT2D eigenvalue weighted by Crippen LogP contribution is -2.50. The van der Waals surface area contributed by atoms with Gasteiger partial charge in [0.1, 0.15) is 0 Å². The second-order valence-corrected chi connectivity index (χ2v) is 6.27. The molecule has 4 heteroatoms. The maximum absolute atomic E-state index is 11.0. The summed E-state index contributed by atoms with van der Waals surface area (Å²) in [6.07, 6.45) is 5.42. The highest BCUT2D eigenvalue weighted by Gasteiger charge is 2.29. The lowest BCUT2D eigenvalue weighted by atomic mass is 9.76. The predicted octanol–water partition coefficient (Wildman–Crippen LogP) is 1.56. The number of amides is 1. The summed E-state index contributed by atoms with van der Waals surface area (Å²) in [4.78, 5) is 11.0. The summed E-state index contributed by atoms with van der Waals surface area (Å²) in [6.45, 7) is 6.77. The third-order valence-corrected chi connectivity index (χ3v) is 3.82. The molecule has 1 rings (SSSR count). The minimum Gasteiger partial charge on any atom is -0.378 e. The molecule has 1 atom stereocenters. The molecular weight excluding hydrogens is 216 g/mol. The third-order valence-electron chi connectivity index (χ3n) is 3.82. The molecule has 4 nitrogen and oxygen atoms in total. The number of hydrogen-bond donors (Lipinski definition) is 2. The molecule has 0 aromatic heterocycles. The van der Waals surface area contributed by atoms with Crippen LogP contribution in [0.1, 0.15) is 52.9 Å². The Labute approximate surface area is 104 Å². The maximum Gasteiger partial charge on any atom is 0.237 e. The number of rotatable bonds is 5. The van der Waals surface area contributed by atoms with Crippen molar-refractivity contribution in [3.8, 4) is 0 Å². The molecule has 1 aliphatic carbocycles. The van der Waals surface area contributed by atoms with E-state index in [-0.39, 0.29) is 0 Å². The molecule has 1 aliphatic rings. The molecule has 0 aliphatic heterocycles. The fraction of sp³-hybridized carbons (Fsp3) is 0.923. The Balaban J connectivity index is 2.23. The molecule has 0 radical (unpaired) electrons. The van der Waals surface area contributed by atoms with E-state index in [9.17, 15) is 4.79 Å². The predicted molar refractivity (Wildman–Crippen MR) is 68.4 cm³/mol. The van der Waals surface area contributed by atoms with Crippen LogP contribution < -0.4 is 11.5 Å². The highest BCUT2D eigenvalue weighted by atomic mass is 16.5. The van der Waals surface area contributed by atoms with E-state index in [2.05, 4.69) is 13.8 Å². The van der Waals surface area contributed by atoms with Crippen LogP contribution in [0.15, 0.2) is 0 Å². The Morgan fingerprint density at radius 2 is 1.94 bits per heavy atom. The number of primary amides is 1. The van der Waals surface area contributed by atoms with Crippen LogP contribution in [0.25, 0.3) is 0 Å². The molecule has 0 spiro atoms. The van der Waals surface area contributed by atoms with E-state index in [1.54, 1.807) is 6.92 Å². The SMILES string of the molecule is CC1(C)CCC(OCCC(C)(N)C(N)=O)CC1. The second kappa shape index (κ2) is 5.36. The molecule has 0 bridgehead atoms. The molecule has 0 saturated heterocycles. The molecular formula is C13H26N2O2. The quantitative estimate of drug-likeness (QED) is 0.768. The van der Waals surface area contributed by atoms with Gasteiger partial charge in [0.2, 0.25) is 5.91 Å². The maximum atomic E-state index is 11.0. The van der Waals surface area contributed by atoms with E-state index >= 15 is 0 Å². The fourth-order valence-electron chi connectivity index (χ4n) is 2.10. The van der Waals surface area contributed by atoms with E-state index in [1.807, 2.05) is 0 Å². The summed E-state index contributed by atoms with van der Waals surface area (Å²) >= 11 is 0. The van der Waals surface area contributed by atoms with Crippen LogP contribution in [0.4, 0.5) is 0 Å². The molecule has 100 valence electrons. The van der Waals surface area contributed by atoms with Crippen molar-refractivity contribution in [1.29, 1.82) is 0 Å². The Morgan fingerprint density at radius 3 is 2.41 bits per heavy atom. The van der Waals surface area contributed by atoms with Crippen molar-refractivity contribution in [2.24, 2.45) is 16.9 Å². The second-order valence-electron chi connectivity index (χ2n) is 6.27. The average Bonchev–Trinajstić information content (AvgIpc) is 2.20. The zero-order chi connectivity index (χ0) is 13.1. The molecule has 0 aromatic carbocycles. The Morgan fingerprint density at radius 1 is 1.41 bits per heavy atom. The Bertz CT molecular complexity index is 265. The Hall–Kier alpha value is -0.610. The fourth-order valence-corrected chi connectivity index (χ4v) is 2.10. The lowest BCUT2D eigenvalue weighted by Gasteiger charge is -2.34. The number of hydrogen-bond acceptors (Lipinski definition) is 3. The molecule has 0 heterocycles. The van der Waals surface area contributed by atoms with Crippen LogP contribution in [0.3, 0.4) is 0 Å². The summed E-state index contributed by atoms with van der Waals surface area (Å²) in [7, 11) is 0. The van der Waals surface area contributed by atoms with Gasteiger partial charge in [-0.1, -0.05) is 13.8 Å². The summed E-state index contributed by atoms with van der Waals surface area (Å²) < 4.78 is 5.77. The van der Waals surface area contributed by atoms with Crippen molar-refractivity contribution in [2.75, 3.05) is 6.61 Å². The summed E-state index contributed by atoms with van der Waals surface area (Å²) in [5, 5.41) is 0. The van der Waals surface area contributed by atoms with Crippen molar-refractivity contribution >= 4 is 5.91 Å². The van der Waals surface area contributed by atoms with Gasteiger partial charge >= 0.3 is 0 Å². The smallest absolute Gasteiger partial charge is 0.237 e. The van der Waals surface area contributed by atoms with Gasteiger partial charge < -0.3 is 16.2 Å². The van der Waals surface area contributed by atoms with Crippen LogP contribution in [0.2, 0.25) is 0 Å². The summed E-state index contributed by atoms with van der Waals surface area (Å²) in [5.74, 6) is -0.467. The zero-order valence-corrected chi connectivity index (χ0v) is 11.3. The first-order chi connectivity index (χ1) is 7.73. The van der Waals surface area contributed by atoms with Crippen LogP contribution >= 0.6 is 0 Å². The Kier molecular flexibility index (Phi) is 4.55. The minimum absolute atomic E-state index is 0.326. The molecule has 1 amide bonds. The lowest BCUT2D eigenvalue weighted by molar-refractivity contribution is -0.123. The van der Waals surface area contributed by atoms with Gasteiger partial charge in [-0.25, -0.2) is 0 Å². The van der Waals surface area contributed by atoms with Crippen molar-refractivity contribution in [2.45, 2.75) is 64.5 Å². The van der Waals surface area contributed by atoms with Gasteiger partial charge in [-0.05, 0) is 44.4 Å².